The van der Waals surface area contributed by atoms with Gasteiger partial charge in [0.1, 0.15) is 0 Å². The van der Waals surface area contributed by atoms with Crippen molar-refractivity contribution in [1.82, 2.24) is 0 Å². The molecule has 0 bridgehead atoms. The molecule has 0 aliphatic heterocycles. The van der Waals surface area contributed by atoms with Crippen LogP contribution in [0.15, 0.2) is 54.8 Å². The average Bonchev–Trinajstić information content (AvgIpc) is 2.53. The first-order chi connectivity index (χ1) is 10.2. The van der Waals surface area contributed by atoms with Gasteiger partial charge in [0, 0.05) is 5.02 Å². The molecule has 0 unspecified atom stereocenters. The third-order valence-electron chi connectivity index (χ3n) is 2.91. The molecule has 2 nitrogen and oxygen atoms in total. The zero-order valence-electron chi connectivity index (χ0n) is 11.5. The summed E-state index contributed by atoms with van der Waals surface area (Å²) in [5, 5.41) is 0.721. The van der Waals surface area contributed by atoms with Crippen molar-refractivity contribution in [2.45, 2.75) is 0 Å². The Morgan fingerprint density at radius 1 is 1.00 bits per heavy atom. The Morgan fingerprint density at radius 2 is 1.52 bits per heavy atom. The van der Waals surface area contributed by atoms with Crippen molar-refractivity contribution < 1.29 is 9.53 Å². The highest BCUT2D eigenvalue weighted by Crippen LogP contribution is 2.16. The molecule has 0 amide bonds. The van der Waals surface area contributed by atoms with E-state index in [0.29, 0.717) is 5.57 Å². The standard InChI is InChI=1S/C18H14ClO2/c1-21-13-17(12-20)16-8-4-14(5-9-16)2-3-15-6-10-18(19)11-7-15/h2-11,13H,1H3. The van der Waals surface area contributed by atoms with Gasteiger partial charge in [0.2, 0.25) is 6.29 Å². The van der Waals surface area contributed by atoms with Gasteiger partial charge in [-0.05, 0) is 28.8 Å². The topological polar surface area (TPSA) is 26.3 Å². The summed E-state index contributed by atoms with van der Waals surface area (Å²) in [6.45, 7) is 0. The molecule has 0 saturated heterocycles. The van der Waals surface area contributed by atoms with Crippen molar-refractivity contribution in [3.8, 4) is 0 Å². The SMILES string of the molecule is COC=C([C]=O)c1ccc(C=Cc2ccc(Cl)cc2)cc1. The fourth-order valence-corrected chi connectivity index (χ4v) is 1.93. The molecule has 0 aliphatic carbocycles. The number of halogens is 1. The average molecular weight is 298 g/mol. The third kappa shape index (κ3) is 4.33. The molecule has 105 valence electrons. The predicted octanol–water partition coefficient (Wildman–Crippen LogP) is 4.61. The van der Waals surface area contributed by atoms with Crippen LogP contribution >= 0.6 is 11.6 Å². The van der Waals surface area contributed by atoms with Crippen LogP contribution < -0.4 is 0 Å². The molecular weight excluding hydrogens is 284 g/mol. The predicted molar refractivity (Wildman–Crippen MR) is 87.5 cm³/mol. The van der Waals surface area contributed by atoms with E-state index in [2.05, 4.69) is 0 Å². The van der Waals surface area contributed by atoms with Gasteiger partial charge < -0.3 is 4.74 Å². The third-order valence-corrected chi connectivity index (χ3v) is 3.16. The number of rotatable bonds is 5. The molecule has 0 aliphatic rings. The minimum atomic E-state index is 0.394. The molecule has 1 radical (unpaired) electrons. The number of ether oxygens (including phenoxy) is 1. The Kier molecular flexibility index (Phi) is 5.35. The van der Waals surface area contributed by atoms with Crippen LogP contribution in [0, 0.1) is 0 Å². The first-order valence-corrected chi connectivity index (χ1v) is 6.76. The van der Waals surface area contributed by atoms with Gasteiger partial charge in [-0.25, -0.2) is 0 Å². The summed E-state index contributed by atoms with van der Waals surface area (Å²) in [5.74, 6) is 0. The lowest BCUT2D eigenvalue weighted by Gasteiger charge is -2.00. The Morgan fingerprint density at radius 3 is 2.00 bits per heavy atom. The van der Waals surface area contributed by atoms with Crippen molar-refractivity contribution in [1.29, 1.82) is 0 Å². The highest BCUT2D eigenvalue weighted by atomic mass is 35.5. The van der Waals surface area contributed by atoms with E-state index in [0.717, 1.165) is 21.7 Å². The Balaban J connectivity index is 2.14. The maximum Gasteiger partial charge on any atom is 0.237 e. The summed E-state index contributed by atoms with van der Waals surface area (Å²) in [6, 6.07) is 15.2. The van der Waals surface area contributed by atoms with Crippen LogP contribution in [0.2, 0.25) is 5.02 Å². The van der Waals surface area contributed by atoms with Gasteiger partial charge >= 0.3 is 0 Å². The van der Waals surface area contributed by atoms with Crippen LogP contribution in [-0.4, -0.2) is 13.4 Å². The van der Waals surface area contributed by atoms with E-state index in [1.54, 1.807) is 0 Å². The molecule has 0 saturated carbocycles. The molecule has 2 rings (SSSR count). The number of hydrogen-bond acceptors (Lipinski definition) is 2. The first kappa shape index (κ1) is 15.1. The second-order valence-corrected chi connectivity index (χ2v) is 4.81. The molecule has 0 spiro atoms. The Hall–Kier alpha value is -2.32. The van der Waals surface area contributed by atoms with Crippen LogP contribution in [0.5, 0.6) is 0 Å². The molecule has 2 aromatic carbocycles. The van der Waals surface area contributed by atoms with E-state index in [1.807, 2.05) is 67.0 Å². The smallest absolute Gasteiger partial charge is 0.237 e. The van der Waals surface area contributed by atoms with Gasteiger partial charge in [0.25, 0.3) is 0 Å². The summed E-state index contributed by atoms with van der Waals surface area (Å²) in [6.07, 6.45) is 7.24. The zero-order chi connectivity index (χ0) is 15.1. The van der Waals surface area contributed by atoms with E-state index >= 15 is 0 Å². The molecule has 0 fully saturated rings. The normalized spacial score (nSPS) is 11.6. The molecule has 21 heavy (non-hydrogen) atoms. The second-order valence-electron chi connectivity index (χ2n) is 4.38. The van der Waals surface area contributed by atoms with E-state index < -0.39 is 0 Å². The maximum atomic E-state index is 10.8. The lowest BCUT2D eigenvalue weighted by molar-refractivity contribution is 0.340. The van der Waals surface area contributed by atoms with Gasteiger partial charge in [0.05, 0.1) is 18.9 Å². The van der Waals surface area contributed by atoms with E-state index in [4.69, 9.17) is 16.3 Å². The highest BCUT2D eigenvalue weighted by Gasteiger charge is 2.01. The lowest BCUT2D eigenvalue weighted by atomic mass is 10.1. The van der Waals surface area contributed by atoms with Gasteiger partial charge in [-0.15, -0.1) is 0 Å². The summed E-state index contributed by atoms with van der Waals surface area (Å²) in [7, 11) is 1.50. The Labute approximate surface area is 129 Å². The molecule has 0 N–H and O–H groups in total. The van der Waals surface area contributed by atoms with Crippen LogP contribution in [0.25, 0.3) is 17.7 Å². The largest absolute Gasteiger partial charge is 0.504 e. The number of benzene rings is 2. The van der Waals surface area contributed by atoms with E-state index in [-0.39, 0.29) is 0 Å². The monoisotopic (exact) mass is 297 g/mol. The highest BCUT2D eigenvalue weighted by molar-refractivity contribution is 6.30. The summed E-state index contributed by atoms with van der Waals surface area (Å²) < 4.78 is 4.85. The van der Waals surface area contributed by atoms with Crippen LogP contribution in [0.1, 0.15) is 16.7 Å². The molecule has 0 aromatic heterocycles. The fourth-order valence-electron chi connectivity index (χ4n) is 1.81. The van der Waals surface area contributed by atoms with Gasteiger partial charge in [-0.2, -0.15) is 0 Å². The van der Waals surface area contributed by atoms with Gasteiger partial charge in [0.15, 0.2) is 0 Å². The van der Waals surface area contributed by atoms with Crippen LogP contribution in [0.3, 0.4) is 0 Å². The maximum absolute atomic E-state index is 10.8. The van der Waals surface area contributed by atoms with E-state index in [9.17, 15) is 4.79 Å². The summed E-state index contributed by atoms with van der Waals surface area (Å²) in [4.78, 5) is 10.8. The van der Waals surface area contributed by atoms with Gasteiger partial charge in [-0.1, -0.05) is 60.2 Å². The molecule has 2 aromatic rings. The first-order valence-electron chi connectivity index (χ1n) is 6.38. The van der Waals surface area contributed by atoms with Crippen molar-refractivity contribution in [2.75, 3.05) is 7.11 Å². The quantitative estimate of drug-likeness (QED) is 0.458. The van der Waals surface area contributed by atoms with Crippen molar-refractivity contribution >= 4 is 35.6 Å². The van der Waals surface area contributed by atoms with Crippen LogP contribution in [0.4, 0.5) is 0 Å². The number of carbonyl (C=O) groups excluding carboxylic acids is 1. The minimum Gasteiger partial charge on any atom is -0.504 e. The second kappa shape index (κ2) is 7.46. The van der Waals surface area contributed by atoms with Crippen LogP contribution in [-0.2, 0) is 9.53 Å². The van der Waals surface area contributed by atoms with Crippen molar-refractivity contribution in [3.05, 3.63) is 76.5 Å². The lowest BCUT2D eigenvalue weighted by Crippen LogP contribution is -1.87. The minimum absolute atomic E-state index is 0.394. The molecular formula is C18H14ClO2. The van der Waals surface area contributed by atoms with Crippen molar-refractivity contribution in [3.63, 3.8) is 0 Å². The molecule has 0 atom stereocenters. The van der Waals surface area contributed by atoms with E-state index in [1.165, 1.54) is 13.4 Å². The van der Waals surface area contributed by atoms with Gasteiger partial charge in [-0.3, -0.25) is 4.79 Å². The summed E-state index contributed by atoms with van der Waals surface area (Å²) in [5.41, 5.74) is 3.28. The number of allylic oxidation sites excluding steroid dienone is 1. The number of hydrogen-bond donors (Lipinski definition) is 0. The molecule has 3 heteroatoms. The zero-order valence-corrected chi connectivity index (χ0v) is 12.3. The number of methoxy groups -OCH3 is 1. The van der Waals surface area contributed by atoms with Crippen molar-refractivity contribution in [2.24, 2.45) is 0 Å². The molecule has 0 heterocycles. The fraction of sp³-hybridized carbons (Fsp3) is 0.0556. The Bertz CT molecular complexity index is 653. The summed E-state index contributed by atoms with van der Waals surface area (Å²) >= 11 is 5.84.